The largest absolute Gasteiger partial charge is 0.422 e. The monoisotopic (exact) mass is 652 g/mol. The number of nitrogens with one attached hydrogen (secondary N) is 1. The van der Waals surface area contributed by atoms with E-state index in [4.69, 9.17) is 16.0 Å². The molecule has 2 aromatic heterocycles. The molecule has 0 unspecified atom stereocenters. The lowest BCUT2D eigenvalue weighted by molar-refractivity contribution is -0.120. The van der Waals surface area contributed by atoms with E-state index in [1.807, 2.05) is 50.2 Å². The first-order valence-electron chi connectivity index (χ1n) is 16.4. The van der Waals surface area contributed by atoms with E-state index in [-0.39, 0.29) is 36.0 Å². The van der Waals surface area contributed by atoms with Crippen LogP contribution < -0.4 is 10.9 Å². The highest BCUT2D eigenvalue weighted by Crippen LogP contribution is 2.29. The molecule has 0 aliphatic heterocycles. The Morgan fingerprint density at radius 3 is 2.36 bits per heavy atom. The number of fused-ring (bicyclic) bond motifs is 2. The van der Waals surface area contributed by atoms with Crippen LogP contribution in [0.1, 0.15) is 101 Å². The summed E-state index contributed by atoms with van der Waals surface area (Å²) in [6.07, 6.45) is 4.39. The van der Waals surface area contributed by atoms with E-state index in [9.17, 15) is 19.2 Å². The van der Waals surface area contributed by atoms with Gasteiger partial charge in [-0.25, -0.2) is 4.79 Å². The summed E-state index contributed by atoms with van der Waals surface area (Å²) in [5, 5.41) is 5.16. The topological polar surface area (TPSA) is 98.4 Å². The molecule has 244 valence electrons. The molecule has 0 saturated carbocycles. The van der Waals surface area contributed by atoms with Crippen LogP contribution in [0.15, 0.2) is 75.9 Å². The number of nitrogens with zero attached hydrogens (tertiary/aromatic N) is 1. The van der Waals surface area contributed by atoms with Crippen molar-refractivity contribution < 1.29 is 18.8 Å². The Hall–Kier alpha value is -4.49. The van der Waals surface area contributed by atoms with Crippen LogP contribution in [0.2, 0.25) is 5.02 Å². The average Bonchev–Trinajstić information content (AvgIpc) is 3.32. The zero-order valence-electron chi connectivity index (χ0n) is 27.5. The van der Waals surface area contributed by atoms with E-state index in [1.165, 1.54) is 0 Å². The molecule has 5 rings (SSSR count). The van der Waals surface area contributed by atoms with Crippen LogP contribution in [0.25, 0.3) is 21.9 Å². The number of rotatable bonds is 13. The maximum atomic E-state index is 13.5. The number of benzene rings is 3. The first kappa shape index (κ1) is 33.9. The van der Waals surface area contributed by atoms with Gasteiger partial charge in [-0.1, -0.05) is 55.6 Å². The Labute approximate surface area is 279 Å². The highest BCUT2D eigenvalue weighted by atomic mass is 35.5. The van der Waals surface area contributed by atoms with Crippen molar-refractivity contribution in [2.45, 2.75) is 78.6 Å². The molecule has 0 radical (unpaired) electrons. The number of unbranched alkanes of at least 4 members (excludes halogenated alkanes) is 2. The second kappa shape index (κ2) is 14.9. The van der Waals surface area contributed by atoms with Gasteiger partial charge in [-0.15, -0.1) is 0 Å². The van der Waals surface area contributed by atoms with Crippen molar-refractivity contribution in [3.63, 3.8) is 0 Å². The van der Waals surface area contributed by atoms with E-state index in [1.54, 1.807) is 34.9 Å². The fourth-order valence-corrected chi connectivity index (χ4v) is 6.44. The summed E-state index contributed by atoms with van der Waals surface area (Å²) in [4.78, 5) is 52.0. The second-order valence-corrected chi connectivity index (χ2v) is 12.7. The number of hydrogen-bond acceptors (Lipinski definition) is 5. The molecule has 1 amide bonds. The number of halogens is 1. The van der Waals surface area contributed by atoms with Crippen LogP contribution in [-0.2, 0) is 11.2 Å². The van der Waals surface area contributed by atoms with Gasteiger partial charge >= 0.3 is 5.63 Å². The first-order chi connectivity index (χ1) is 22.6. The highest BCUT2D eigenvalue weighted by Gasteiger charge is 2.22. The molecule has 0 atom stereocenters. The summed E-state index contributed by atoms with van der Waals surface area (Å²) >= 11 is 6.03. The Kier molecular flexibility index (Phi) is 10.8. The standard InChI is InChI=1S/C39H41ClN2O5/c1-5-26(6-2)28-12-13-29-21-33(39(46)47-36(29)22-28)35(43)10-8-7-9-19-41-37(44)23-31-25(4)42(34-18-11-24(3)20-32(31)34)38(45)27-14-16-30(40)17-15-27/h11-18,20-22,26H,5-10,19,23H2,1-4H3,(H,41,44). The molecule has 0 saturated heterocycles. The predicted octanol–water partition coefficient (Wildman–Crippen LogP) is 8.71. The van der Waals surface area contributed by atoms with Gasteiger partial charge in [0.25, 0.3) is 5.91 Å². The predicted molar refractivity (Wildman–Crippen MR) is 188 cm³/mol. The Morgan fingerprint density at radius 2 is 1.64 bits per heavy atom. The minimum absolute atomic E-state index is 0.0837. The van der Waals surface area contributed by atoms with E-state index >= 15 is 0 Å². The summed E-state index contributed by atoms with van der Waals surface area (Å²) < 4.78 is 7.21. The lowest BCUT2D eigenvalue weighted by Crippen LogP contribution is -2.26. The molecule has 0 spiro atoms. The van der Waals surface area contributed by atoms with Crippen LogP contribution in [0.4, 0.5) is 0 Å². The van der Waals surface area contributed by atoms with Crippen molar-refractivity contribution in [2.24, 2.45) is 0 Å². The Morgan fingerprint density at radius 1 is 0.894 bits per heavy atom. The zero-order valence-corrected chi connectivity index (χ0v) is 28.2. The average molecular weight is 653 g/mol. The fourth-order valence-electron chi connectivity index (χ4n) is 6.31. The maximum absolute atomic E-state index is 13.5. The van der Waals surface area contributed by atoms with E-state index < -0.39 is 5.63 Å². The molecule has 2 heterocycles. The number of ketones is 1. The summed E-state index contributed by atoms with van der Waals surface area (Å²) in [7, 11) is 0. The van der Waals surface area contributed by atoms with Gasteiger partial charge in [0.05, 0.1) is 11.9 Å². The lowest BCUT2D eigenvalue weighted by atomic mass is 9.93. The van der Waals surface area contributed by atoms with Gasteiger partial charge in [0.1, 0.15) is 11.1 Å². The number of hydrogen-bond donors (Lipinski definition) is 1. The van der Waals surface area contributed by atoms with Crippen LogP contribution in [0, 0.1) is 13.8 Å². The number of carbonyl (C=O) groups is 3. The van der Waals surface area contributed by atoms with Gasteiger partial charge < -0.3 is 9.73 Å². The molecule has 0 aliphatic carbocycles. The number of aromatic nitrogens is 1. The van der Waals surface area contributed by atoms with Gasteiger partial charge in [-0.2, -0.15) is 0 Å². The third-order valence-electron chi connectivity index (χ3n) is 9.04. The fraction of sp³-hybridized carbons (Fsp3) is 0.333. The third kappa shape index (κ3) is 7.57. The second-order valence-electron chi connectivity index (χ2n) is 12.3. The number of Topliss-reactive ketones (excluding diaryl/α,β-unsaturated/α-hetero) is 1. The molecule has 0 aliphatic rings. The molecular weight excluding hydrogens is 612 g/mol. The van der Waals surface area contributed by atoms with Crippen molar-refractivity contribution in [3.05, 3.63) is 116 Å². The van der Waals surface area contributed by atoms with Crippen molar-refractivity contribution in [1.82, 2.24) is 9.88 Å². The van der Waals surface area contributed by atoms with Crippen LogP contribution in [0.5, 0.6) is 0 Å². The molecule has 0 fully saturated rings. The third-order valence-corrected chi connectivity index (χ3v) is 9.29. The summed E-state index contributed by atoms with van der Waals surface area (Å²) in [5.74, 6) is -0.141. The van der Waals surface area contributed by atoms with E-state index in [2.05, 4.69) is 19.2 Å². The Balaban J connectivity index is 1.15. The number of amides is 1. The van der Waals surface area contributed by atoms with Crippen molar-refractivity contribution in [3.8, 4) is 0 Å². The highest BCUT2D eigenvalue weighted by molar-refractivity contribution is 6.30. The number of carbonyl (C=O) groups excluding carboxylic acids is 3. The first-order valence-corrected chi connectivity index (χ1v) is 16.8. The van der Waals surface area contributed by atoms with Crippen molar-refractivity contribution in [2.75, 3.05) is 6.54 Å². The van der Waals surface area contributed by atoms with Gasteiger partial charge in [-0.05, 0) is 105 Å². The number of aryl methyl sites for hydroxylation is 1. The molecule has 47 heavy (non-hydrogen) atoms. The molecule has 1 N–H and O–H groups in total. The van der Waals surface area contributed by atoms with Gasteiger partial charge in [-0.3, -0.25) is 19.0 Å². The molecule has 7 nitrogen and oxygen atoms in total. The van der Waals surface area contributed by atoms with E-state index in [0.29, 0.717) is 41.5 Å². The van der Waals surface area contributed by atoms with Gasteiger partial charge in [0.2, 0.25) is 5.91 Å². The maximum Gasteiger partial charge on any atom is 0.347 e. The molecular formula is C39H41ClN2O5. The van der Waals surface area contributed by atoms with Gasteiger partial charge in [0, 0.05) is 40.0 Å². The van der Waals surface area contributed by atoms with Crippen molar-refractivity contribution >= 4 is 51.1 Å². The minimum atomic E-state index is -0.599. The van der Waals surface area contributed by atoms with Crippen molar-refractivity contribution in [1.29, 1.82) is 0 Å². The quantitative estimate of drug-likeness (QED) is 0.0779. The van der Waals surface area contributed by atoms with Crippen LogP contribution in [0.3, 0.4) is 0 Å². The molecule has 0 bridgehead atoms. The van der Waals surface area contributed by atoms with Crippen LogP contribution in [-0.4, -0.2) is 28.7 Å². The SMILES string of the molecule is CCC(CC)c1ccc2cc(C(=O)CCCCCNC(=O)Cc3c(C)n(C(=O)c4ccc(Cl)cc4)c4ccc(C)cc34)c(=O)oc2c1. The molecule has 5 aromatic rings. The van der Waals surface area contributed by atoms with Gasteiger partial charge in [0.15, 0.2) is 5.78 Å². The van der Waals surface area contributed by atoms with Crippen LogP contribution >= 0.6 is 11.6 Å². The lowest BCUT2D eigenvalue weighted by Gasteiger charge is -2.13. The summed E-state index contributed by atoms with van der Waals surface area (Å²) in [6, 6.07) is 20.2. The molecule has 3 aromatic carbocycles. The smallest absolute Gasteiger partial charge is 0.347 e. The minimum Gasteiger partial charge on any atom is -0.422 e. The Bertz CT molecular complexity index is 2000. The summed E-state index contributed by atoms with van der Waals surface area (Å²) in [5.41, 5.74) is 4.98. The molecule has 8 heteroatoms. The summed E-state index contributed by atoms with van der Waals surface area (Å²) in [6.45, 7) is 8.59. The normalized spacial score (nSPS) is 11.4. The zero-order chi connectivity index (χ0) is 33.7. The van der Waals surface area contributed by atoms with E-state index in [0.717, 1.165) is 57.9 Å².